The molecule has 2 heteroatoms. The molecule has 0 radical (unpaired) electrons. The minimum atomic E-state index is -0.458. The maximum atomic E-state index is 9.97. The maximum Gasteiger partial charge on any atom is 0.0805 e. The highest BCUT2D eigenvalue weighted by molar-refractivity contribution is 5.17. The molecule has 84 valence electrons. The molecule has 0 saturated heterocycles. The van der Waals surface area contributed by atoms with Crippen molar-refractivity contribution in [2.45, 2.75) is 39.3 Å². The van der Waals surface area contributed by atoms with Crippen molar-refractivity contribution in [1.29, 1.82) is 0 Å². The molecule has 15 heavy (non-hydrogen) atoms. The first-order valence-electron chi connectivity index (χ1n) is 5.40. The summed E-state index contributed by atoms with van der Waals surface area (Å²) in [4.78, 5) is 0. The van der Waals surface area contributed by atoms with E-state index in [0.29, 0.717) is 6.42 Å². The summed E-state index contributed by atoms with van der Waals surface area (Å²) in [5, 5.41) is 9.97. The van der Waals surface area contributed by atoms with Crippen molar-refractivity contribution in [3.63, 3.8) is 0 Å². The smallest absolute Gasteiger partial charge is 0.0805 e. The summed E-state index contributed by atoms with van der Waals surface area (Å²) in [5.74, 6) is 0. The van der Waals surface area contributed by atoms with Crippen molar-refractivity contribution in [2.24, 2.45) is 11.1 Å². The highest BCUT2D eigenvalue weighted by atomic mass is 16.3. The molecule has 2 nitrogen and oxygen atoms in total. The quantitative estimate of drug-likeness (QED) is 0.800. The van der Waals surface area contributed by atoms with Crippen LogP contribution in [0.25, 0.3) is 0 Å². The monoisotopic (exact) mass is 207 g/mol. The summed E-state index contributed by atoms with van der Waals surface area (Å²) in [6.45, 7) is 6.28. The summed E-state index contributed by atoms with van der Waals surface area (Å²) in [6, 6.07) is 9.68. The fourth-order valence-corrected chi connectivity index (χ4v) is 1.41. The predicted molar refractivity (Wildman–Crippen MR) is 63.4 cm³/mol. The first-order chi connectivity index (χ1) is 6.91. The molecule has 3 N–H and O–H groups in total. The second-order valence-corrected chi connectivity index (χ2v) is 5.13. The molecule has 1 aromatic rings. The summed E-state index contributed by atoms with van der Waals surface area (Å²) < 4.78 is 0. The Labute approximate surface area is 92.1 Å². The molecule has 2 atom stereocenters. The number of nitrogens with two attached hydrogens (primary N) is 1. The molecule has 0 saturated carbocycles. The van der Waals surface area contributed by atoms with Gasteiger partial charge in [-0.3, -0.25) is 0 Å². The van der Waals surface area contributed by atoms with Crippen molar-refractivity contribution < 1.29 is 5.11 Å². The van der Waals surface area contributed by atoms with E-state index < -0.39 is 6.10 Å². The van der Waals surface area contributed by atoms with Gasteiger partial charge in [-0.1, -0.05) is 51.1 Å². The van der Waals surface area contributed by atoms with Gasteiger partial charge in [0.25, 0.3) is 0 Å². The van der Waals surface area contributed by atoms with E-state index in [4.69, 9.17) is 5.73 Å². The largest absolute Gasteiger partial charge is 0.388 e. The van der Waals surface area contributed by atoms with Gasteiger partial charge in [-0.25, -0.2) is 0 Å². The first kappa shape index (κ1) is 12.2. The van der Waals surface area contributed by atoms with E-state index in [1.807, 2.05) is 30.3 Å². The molecule has 0 unspecified atom stereocenters. The van der Waals surface area contributed by atoms with Gasteiger partial charge in [0.2, 0.25) is 0 Å². The van der Waals surface area contributed by atoms with Gasteiger partial charge in [0.15, 0.2) is 0 Å². The van der Waals surface area contributed by atoms with Crippen LogP contribution in [-0.2, 0) is 0 Å². The van der Waals surface area contributed by atoms with Gasteiger partial charge < -0.3 is 10.8 Å². The third kappa shape index (κ3) is 3.65. The van der Waals surface area contributed by atoms with Crippen molar-refractivity contribution in [2.75, 3.05) is 0 Å². The lowest BCUT2D eigenvalue weighted by molar-refractivity contribution is 0.133. The lowest BCUT2D eigenvalue weighted by Gasteiger charge is -2.28. The maximum absolute atomic E-state index is 9.97. The van der Waals surface area contributed by atoms with Crippen LogP contribution >= 0.6 is 0 Å². The lowest BCUT2D eigenvalue weighted by Crippen LogP contribution is -2.36. The normalized spacial score (nSPS) is 16.1. The molecule has 0 fully saturated rings. The summed E-state index contributed by atoms with van der Waals surface area (Å²) in [6.07, 6.45) is 0.147. The Balaban J connectivity index is 2.61. The van der Waals surface area contributed by atoms with E-state index in [0.717, 1.165) is 5.56 Å². The molecule has 0 amide bonds. The Bertz CT molecular complexity index is 289. The average Bonchev–Trinajstić information content (AvgIpc) is 2.17. The van der Waals surface area contributed by atoms with Crippen molar-refractivity contribution >= 4 is 0 Å². The second-order valence-electron chi connectivity index (χ2n) is 5.13. The summed E-state index contributed by atoms with van der Waals surface area (Å²) in [7, 11) is 0. The Morgan fingerprint density at radius 3 is 2.20 bits per heavy atom. The SMILES string of the molecule is CC(C)(C)[C@H](N)C[C@@H](O)c1ccccc1. The van der Waals surface area contributed by atoms with Crippen molar-refractivity contribution in [1.82, 2.24) is 0 Å². The van der Waals surface area contributed by atoms with Crippen molar-refractivity contribution in [3.05, 3.63) is 35.9 Å². The second kappa shape index (κ2) is 4.77. The minimum absolute atomic E-state index is 0.00714. The number of aliphatic hydroxyl groups excluding tert-OH is 1. The fraction of sp³-hybridized carbons (Fsp3) is 0.538. The van der Waals surface area contributed by atoms with E-state index >= 15 is 0 Å². The van der Waals surface area contributed by atoms with Gasteiger partial charge >= 0.3 is 0 Å². The van der Waals surface area contributed by atoms with E-state index in [1.54, 1.807) is 0 Å². The topological polar surface area (TPSA) is 46.2 Å². The molecular formula is C13H21NO. The number of rotatable bonds is 3. The van der Waals surface area contributed by atoms with Crippen LogP contribution in [0.4, 0.5) is 0 Å². The van der Waals surface area contributed by atoms with Crippen LogP contribution in [0.3, 0.4) is 0 Å². The lowest BCUT2D eigenvalue weighted by atomic mass is 9.83. The zero-order valence-electron chi connectivity index (χ0n) is 9.77. The van der Waals surface area contributed by atoms with Gasteiger partial charge in [0.1, 0.15) is 0 Å². The molecule has 0 aromatic heterocycles. The zero-order valence-corrected chi connectivity index (χ0v) is 9.77. The minimum Gasteiger partial charge on any atom is -0.388 e. The molecule has 0 aliphatic heterocycles. The molecule has 0 aliphatic carbocycles. The molecule has 0 heterocycles. The Hall–Kier alpha value is -0.860. The van der Waals surface area contributed by atoms with E-state index in [-0.39, 0.29) is 11.5 Å². The van der Waals surface area contributed by atoms with Crippen LogP contribution in [-0.4, -0.2) is 11.1 Å². The van der Waals surface area contributed by atoms with Crippen LogP contribution in [0, 0.1) is 5.41 Å². The Morgan fingerprint density at radius 2 is 1.73 bits per heavy atom. The summed E-state index contributed by atoms with van der Waals surface area (Å²) >= 11 is 0. The number of benzene rings is 1. The van der Waals surface area contributed by atoms with Gasteiger partial charge in [-0.05, 0) is 17.4 Å². The van der Waals surface area contributed by atoms with Crippen LogP contribution in [0.1, 0.15) is 38.9 Å². The Kier molecular flexibility index (Phi) is 3.89. The van der Waals surface area contributed by atoms with Crippen LogP contribution < -0.4 is 5.73 Å². The van der Waals surface area contributed by atoms with Gasteiger partial charge in [0.05, 0.1) is 6.10 Å². The van der Waals surface area contributed by atoms with Crippen LogP contribution in [0.15, 0.2) is 30.3 Å². The Morgan fingerprint density at radius 1 is 1.20 bits per heavy atom. The third-order valence-electron chi connectivity index (χ3n) is 2.77. The molecule has 0 spiro atoms. The number of hydrogen-bond acceptors (Lipinski definition) is 2. The third-order valence-corrected chi connectivity index (χ3v) is 2.77. The van der Waals surface area contributed by atoms with Crippen LogP contribution in [0.5, 0.6) is 0 Å². The fourth-order valence-electron chi connectivity index (χ4n) is 1.41. The van der Waals surface area contributed by atoms with Gasteiger partial charge in [-0.15, -0.1) is 0 Å². The van der Waals surface area contributed by atoms with Crippen LogP contribution in [0.2, 0.25) is 0 Å². The first-order valence-corrected chi connectivity index (χ1v) is 5.40. The van der Waals surface area contributed by atoms with Gasteiger partial charge in [-0.2, -0.15) is 0 Å². The van der Waals surface area contributed by atoms with E-state index in [9.17, 15) is 5.11 Å². The number of aliphatic hydroxyl groups is 1. The highest BCUT2D eigenvalue weighted by Crippen LogP contribution is 2.26. The molecule has 0 bridgehead atoms. The summed E-state index contributed by atoms with van der Waals surface area (Å²) in [5.41, 5.74) is 7.01. The molecular weight excluding hydrogens is 186 g/mol. The standard InChI is InChI=1S/C13H21NO/c1-13(2,3)12(14)9-11(15)10-7-5-4-6-8-10/h4-8,11-12,15H,9,14H2,1-3H3/t11-,12-/m1/s1. The molecule has 0 aliphatic rings. The highest BCUT2D eigenvalue weighted by Gasteiger charge is 2.23. The molecule has 1 aromatic carbocycles. The van der Waals surface area contributed by atoms with Crippen molar-refractivity contribution in [3.8, 4) is 0 Å². The van der Waals surface area contributed by atoms with E-state index in [2.05, 4.69) is 20.8 Å². The predicted octanol–water partition coefficient (Wildman–Crippen LogP) is 2.48. The van der Waals surface area contributed by atoms with Gasteiger partial charge in [0, 0.05) is 6.04 Å². The molecule has 1 rings (SSSR count). The zero-order chi connectivity index (χ0) is 11.5. The number of hydrogen-bond donors (Lipinski definition) is 2. The average molecular weight is 207 g/mol. The van der Waals surface area contributed by atoms with E-state index in [1.165, 1.54) is 0 Å².